The van der Waals surface area contributed by atoms with Crippen molar-refractivity contribution < 1.29 is 9.47 Å². The highest BCUT2D eigenvalue weighted by Gasteiger charge is 2.37. The summed E-state index contributed by atoms with van der Waals surface area (Å²) < 4.78 is 13.1. The lowest BCUT2D eigenvalue weighted by Crippen LogP contribution is -2.23. The zero-order valence-corrected chi connectivity index (χ0v) is 30.0. The first-order valence-corrected chi connectivity index (χ1v) is 18.4. The van der Waals surface area contributed by atoms with Crippen LogP contribution in [-0.2, 0) is 0 Å². The normalized spacial score (nSPS) is 14.9. The van der Waals surface area contributed by atoms with Gasteiger partial charge in [0.2, 0.25) is 0 Å². The van der Waals surface area contributed by atoms with Crippen LogP contribution in [0.25, 0.3) is 22.3 Å². The van der Waals surface area contributed by atoms with Crippen LogP contribution < -0.4 is 24.6 Å². The number of rotatable bonds is 6. The second-order valence-corrected chi connectivity index (χ2v) is 14.3. The molecule has 1 atom stereocenters. The lowest BCUT2D eigenvalue weighted by Gasteiger charge is -2.40. The van der Waals surface area contributed by atoms with Gasteiger partial charge in [0.15, 0.2) is 23.0 Å². The van der Waals surface area contributed by atoms with Crippen LogP contribution in [0.2, 0.25) is 0 Å². The van der Waals surface area contributed by atoms with E-state index in [0.29, 0.717) is 11.6 Å². The van der Waals surface area contributed by atoms with Gasteiger partial charge in [0.1, 0.15) is 0 Å². The third kappa shape index (κ3) is 5.21. The van der Waals surface area contributed by atoms with E-state index in [2.05, 4.69) is 126 Å². The first-order chi connectivity index (χ1) is 26.6. The van der Waals surface area contributed by atoms with Crippen molar-refractivity contribution >= 4 is 34.1 Å². The summed E-state index contributed by atoms with van der Waals surface area (Å²) in [7, 11) is 0. The molecular weight excluding hydrogens is 665 g/mol. The predicted octanol–water partition coefficient (Wildman–Crippen LogP) is 12.8. The minimum absolute atomic E-state index is 0.0476. The second-order valence-electron chi connectivity index (χ2n) is 14.3. The number of benzene rings is 7. The van der Waals surface area contributed by atoms with Crippen molar-refractivity contribution in [3.63, 3.8) is 0 Å². The molecule has 260 valence electrons. The Balaban J connectivity index is 1.37. The number of nitriles is 1. The zero-order valence-electron chi connectivity index (χ0n) is 30.0. The van der Waals surface area contributed by atoms with Gasteiger partial charge in [-0.15, -0.1) is 0 Å². The first-order valence-electron chi connectivity index (χ1n) is 18.4. The van der Waals surface area contributed by atoms with Gasteiger partial charge in [0.05, 0.1) is 45.8 Å². The van der Waals surface area contributed by atoms with E-state index < -0.39 is 0 Å². The molecule has 10 rings (SSSR count). The van der Waals surface area contributed by atoms with Crippen molar-refractivity contribution in [1.82, 2.24) is 5.32 Å². The summed E-state index contributed by atoms with van der Waals surface area (Å²) in [5.74, 6) is 3.22. The predicted molar refractivity (Wildman–Crippen MR) is 216 cm³/mol. The lowest BCUT2D eigenvalue weighted by molar-refractivity contribution is 0.476. The summed E-state index contributed by atoms with van der Waals surface area (Å²) in [5.41, 5.74) is 13.3. The molecule has 1 saturated heterocycles. The third-order valence-electron chi connectivity index (χ3n) is 10.6. The Kier molecular flexibility index (Phi) is 7.50. The van der Waals surface area contributed by atoms with E-state index in [-0.39, 0.29) is 5.92 Å². The number of hydrogen-bond donors (Lipinski definition) is 1. The van der Waals surface area contributed by atoms with E-state index in [1.54, 1.807) is 0 Å². The molecule has 0 aliphatic carbocycles. The minimum Gasteiger partial charge on any atom is -0.453 e. The van der Waals surface area contributed by atoms with Crippen LogP contribution in [0.4, 0.5) is 34.1 Å². The molecule has 1 fully saturated rings. The van der Waals surface area contributed by atoms with Gasteiger partial charge in [-0.2, -0.15) is 5.26 Å². The molecule has 0 bridgehead atoms. The molecule has 0 radical (unpaired) electrons. The summed E-state index contributed by atoms with van der Waals surface area (Å²) in [4.78, 5) is 4.78. The molecule has 7 aromatic carbocycles. The number of ether oxygens (including phenoxy) is 2. The maximum atomic E-state index is 9.80. The van der Waals surface area contributed by atoms with E-state index in [1.807, 2.05) is 60.7 Å². The summed E-state index contributed by atoms with van der Waals surface area (Å²) in [6, 6.07) is 55.2. The molecule has 0 amide bonds. The molecular formula is C48H36N4O2. The van der Waals surface area contributed by atoms with Crippen LogP contribution in [0.15, 0.2) is 152 Å². The molecule has 1 N–H and O–H groups in total. The maximum Gasteiger partial charge on any atom is 0.151 e. The quantitative estimate of drug-likeness (QED) is 0.174. The number of nitrogens with zero attached hydrogens (tertiary/aromatic N) is 3. The van der Waals surface area contributed by atoms with E-state index in [1.165, 1.54) is 5.56 Å². The Bertz CT molecular complexity index is 2530. The molecule has 3 aliphatic rings. The van der Waals surface area contributed by atoms with Gasteiger partial charge in [0.25, 0.3) is 0 Å². The summed E-state index contributed by atoms with van der Waals surface area (Å²) >= 11 is 0. The van der Waals surface area contributed by atoms with Gasteiger partial charge in [-0.25, -0.2) is 0 Å². The SMILES string of the molecule is CC(C)c1c(N2c3ccccc3Oc3ccccc32)c(-c2ccc(C#N)cc2)cc(-c2ccc(C3CN3)cc2)c1N1c2ccccc2Oc2ccccc21. The van der Waals surface area contributed by atoms with Crippen LogP contribution in [0, 0.1) is 11.3 Å². The highest BCUT2D eigenvalue weighted by molar-refractivity contribution is 6.04. The fraction of sp³-hybridized carbons (Fsp3) is 0.104. The number of nitrogens with one attached hydrogen (secondary N) is 1. The lowest BCUT2D eigenvalue weighted by atomic mass is 9.85. The van der Waals surface area contributed by atoms with Crippen LogP contribution in [0.3, 0.4) is 0 Å². The van der Waals surface area contributed by atoms with E-state index in [4.69, 9.17) is 9.47 Å². The van der Waals surface area contributed by atoms with Crippen LogP contribution in [0.5, 0.6) is 23.0 Å². The maximum absolute atomic E-state index is 9.80. The summed E-state index contributed by atoms with van der Waals surface area (Å²) in [5, 5.41) is 13.3. The average Bonchev–Trinajstić information content (AvgIpc) is 4.07. The molecule has 7 aromatic rings. The van der Waals surface area contributed by atoms with Crippen molar-refractivity contribution in [3.05, 3.63) is 168 Å². The number of para-hydroxylation sites is 8. The number of hydrogen-bond acceptors (Lipinski definition) is 6. The Morgan fingerprint density at radius 3 is 1.33 bits per heavy atom. The van der Waals surface area contributed by atoms with Gasteiger partial charge in [-0.05, 0) is 89.3 Å². The zero-order chi connectivity index (χ0) is 36.3. The van der Waals surface area contributed by atoms with Gasteiger partial charge in [0, 0.05) is 29.3 Å². The standard InChI is InChI=1S/C48H36N4O2/c1-30(2)46-47(51-38-11-3-7-15-42(38)53-43-16-8-4-12-39(43)51)35(32-21-19-31(28-49)20-22-32)27-36(33-23-25-34(26-24-33)37-29-50-37)48(46)52-40-13-5-9-17-44(40)54-45-18-10-6-14-41(45)52/h3-27,30,37,50H,29H2,1-2H3. The molecule has 54 heavy (non-hydrogen) atoms. The number of fused-ring (bicyclic) bond motifs is 4. The Labute approximate surface area is 315 Å². The molecule has 3 heterocycles. The smallest absolute Gasteiger partial charge is 0.151 e. The molecule has 0 saturated carbocycles. The van der Waals surface area contributed by atoms with E-state index in [9.17, 15) is 5.26 Å². The highest BCUT2D eigenvalue weighted by atomic mass is 16.5. The molecule has 0 aromatic heterocycles. The second kappa shape index (κ2) is 12.7. The van der Waals surface area contributed by atoms with Crippen molar-refractivity contribution in [3.8, 4) is 51.3 Å². The van der Waals surface area contributed by atoms with Crippen molar-refractivity contribution in [1.29, 1.82) is 5.26 Å². The largest absolute Gasteiger partial charge is 0.453 e. The van der Waals surface area contributed by atoms with Crippen LogP contribution in [0.1, 0.15) is 42.5 Å². The Morgan fingerprint density at radius 2 is 0.963 bits per heavy atom. The highest BCUT2D eigenvalue weighted by Crippen LogP contribution is 2.60. The van der Waals surface area contributed by atoms with Gasteiger partial charge >= 0.3 is 0 Å². The Hall–Kier alpha value is -6.81. The Morgan fingerprint density at radius 1 is 0.574 bits per heavy atom. The van der Waals surface area contributed by atoms with E-state index in [0.717, 1.165) is 91.5 Å². The number of anilines is 6. The summed E-state index contributed by atoms with van der Waals surface area (Å²) in [6.07, 6.45) is 0. The van der Waals surface area contributed by atoms with Crippen LogP contribution in [-0.4, -0.2) is 6.54 Å². The molecule has 3 aliphatic heterocycles. The third-order valence-corrected chi connectivity index (χ3v) is 10.6. The average molecular weight is 701 g/mol. The topological polar surface area (TPSA) is 70.7 Å². The fourth-order valence-electron chi connectivity index (χ4n) is 7.96. The molecule has 6 heteroatoms. The molecule has 0 spiro atoms. The monoisotopic (exact) mass is 700 g/mol. The van der Waals surface area contributed by atoms with Gasteiger partial charge in [-0.3, -0.25) is 0 Å². The van der Waals surface area contributed by atoms with Crippen LogP contribution >= 0.6 is 0 Å². The van der Waals surface area contributed by atoms with Gasteiger partial charge in [-0.1, -0.05) is 98.8 Å². The van der Waals surface area contributed by atoms with Crippen molar-refractivity contribution in [2.24, 2.45) is 0 Å². The fourth-order valence-corrected chi connectivity index (χ4v) is 7.96. The van der Waals surface area contributed by atoms with Crippen molar-refractivity contribution in [2.45, 2.75) is 25.8 Å². The minimum atomic E-state index is 0.0476. The first kappa shape index (κ1) is 31.9. The van der Waals surface area contributed by atoms with Gasteiger partial charge < -0.3 is 24.6 Å². The van der Waals surface area contributed by atoms with Crippen molar-refractivity contribution in [2.75, 3.05) is 16.3 Å². The molecule has 6 nitrogen and oxygen atoms in total. The summed E-state index contributed by atoms with van der Waals surface area (Å²) in [6.45, 7) is 5.57. The van der Waals surface area contributed by atoms with E-state index >= 15 is 0 Å². The molecule has 1 unspecified atom stereocenters.